The predicted octanol–water partition coefficient (Wildman–Crippen LogP) is 2.29. The first-order valence-electron chi connectivity index (χ1n) is 8.88. The highest BCUT2D eigenvalue weighted by Gasteiger charge is 2.56. The molecule has 3 heterocycles. The van der Waals surface area contributed by atoms with E-state index in [1.165, 1.54) is 0 Å². The van der Waals surface area contributed by atoms with E-state index in [4.69, 9.17) is 4.74 Å². The van der Waals surface area contributed by atoms with E-state index in [1.807, 2.05) is 21.7 Å². The molecule has 0 aromatic carbocycles. The van der Waals surface area contributed by atoms with E-state index in [9.17, 15) is 9.59 Å². The fourth-order valence-corrected chi connectivity index (χ4v) is 4.75. The highest BCUT2D eigenvalue weighted by molar-refractivity contribution is 7.08. The van der Waals surface area contributed by atoms with Crippen LogP contribution in [0, 0.1) is 11.3 Å². The summed E-state index contributed by atoms with van der Waals surface area (Å²) in [5, 5.41) is 6.99. The van der Waals surface area contributed by atoms with Crippen molar-refractivity contribution in [1.82, 2.24) is 10.2 Å². The lowest BCUT2D eigenvalue weighted by atomic mass is 9.90. The molecule has 4 rings (SSSR count). The number of nitrogens with one attached hydrogen (secondary N) is 1. The normalized spacial score (nSPS) is 26.3. The second-order valence-corrected chi connectivity index (χ2v) is 8.10. The number of thiophene rings is 1. The molecule has 5 nitrogen and oxygen atoms in total. The van der Waals surface area contributed by atoms with Gasteiger partial charge in [0.1, 0.15) is 0 Å². The number of likely N-dealkylation sites (tertiary alicyclic amines) is 1. The van der Waals surface area contributed by atoms with E-state index < -0.39 is 0 Å². The molecular formula is C18H24N2O3S. The zero-order valence-corrected chi connectivity index (χ0v) is 14.6. The van der Waals surface area contributed by atoms with E-state index in [0.717, 1.165) is 50.8 Å². The molecule has 1 aromatic heterocycles. The first-order chi connectivity index (χ1) is 11.7. The summed E-state index contributed by atoms with van der Waals surface area (Å²) in [6.07, 6.45) is 4.80. The molecule has 2 saturated heterocycles. The van der Waals surface area contributed by atoms with E-state index in [0.29, 0.717) is 19.1 Å². The Hall–Kier alpha value is -1.40. The Morgan fingerprint density at radius 3 is 2.67 bits per heavy atom. The Bertz CT molecular complexity index is 602. The highest BCUT2D eigenvalue weighted by atomic mass is 32.1. The Labute approximate surface area is 146 Å². The number of hydrogen-bond acceptors (Lipinski definition) is 4. The average molecular weight is 348 g/mol. The molecule has 3 fully saturated rings. The fourth-order valence-electron chi connectivity index (χ4n) is 4.11. The summed E-state index contributed by atoms with van der Waals surface area (Å²) in [7, 11) is 0. The first-order valence-corrected chi connectivity index (χ1v) is 9.82. The minimum absolute atomic E-state index is 0.0406. The molecular weight excluding hydrogens is 324 g/mol. The van der Waals surface area contributed by atoms with Crippen molar-refractivity contribution in [2.45, 2.75) is 38.1 Å². The van der Waals surface area contributed by atoms with E-state index in [-0.39, 0.29) is 23.3 Å². The Kier molecular flexibility index (Phi) is 4.35. The third-order valence-electron chi connectivity index (χ3n) is 5.92. The summed E-state index contributed by atoms with van der Waals surface area (Å²) in [5.41, 5.74) is 0.993. The van der Waals surface area contributed by atoms with Gasteiger partial charge in [-0.1, -0.05) is 0 Å². The molecule has 1 spiro atoms. The third kappa shape index (κ3) is 3.09. The summed E-state index contributed by atoms with van der Waals surface area (Å²) < 4.78 is 5.35. The first kappa shape index (κ1) is 16.1. The molecule has 1 unspecified atom stereocenters. The Balaban J connectivity index is 1.27. The number of carbonyl (C=O) groups excluding carboxylic acids is 2. The fraction of sp³-hybridized carbons (Fsp3) is 0.667. The number of ether oxygens (including phenoxy) is 1. The molecule has 1 saturated carbocycles. The topological polar surface area (TPSA) is 58.6 Å². The van der Waals surface area contributed by atoms with E-state index in [2.05, 4.69) is 5.32 Å². The molecule has 2 amide bonds. The van der Waals surface area contributed by atoms with E-state index >= 15 is 0 Å². The number of carbonyl (C=O) groups is 2. The molecule has 0 radical (unpaired) electrons. The van der Waals surface area contributed by atoms with Crippen LogP contribution in [0.15, 0.2) is 16.8 Å². The van der Waals surface area contributed by atoms with Crippen molar-refractivity contribution in [3.05, 3.63) is 22.4 Å². The zero-order valence-electron chi connectivity index (χ0n) is 13.8. The van der Waals surface area contributed by atoms with Gasteiger partial charge in [-0.2, -0.15) is 11.3 Å². The minimum atomic E-state index is 0.0406. The lowest BCUT2D eigenvalue weighted by Crippen LogP contribution is -2.45. The van der Waals surface area contributed by atoms with Gasteiger partial charge >= 0.3 is 0 Å². The lowest BCUT2D eigenvalue weighted by Gasteiger charge is -2.36. The van der Waals surface area contributed by atoms with Gasteiger partial charge in [-0.15, -0.1) is 0 Å². The Morgan fingerprint density at radius 2 is 2.00 bits per heavy atom. The van der Waals surface area contributed by atoms with Crippen LogP contribution in [0.5, 0.6) is 0 Å². The van der Waals surface area contributed by atoms with Crippen molar-refractivity contribution in [2.75, 3.05) is 26.3 Å². The molecule has 130 valence electrons. The molecule has 24 heavy (non-hydrogen) atoms. The minimum Gasteiger partial charge on any atom is -0.381 e. The van der Waals surface area contributed by atoms with Gasteiger partial charge in [0, 0.05) is 49.2 Å². The van der Waals surface area contributed by atoms with Crippen LogP contribution in [0.1, 0.15) is 42.5 Å². The van der Waals surface area contributed by atoms with Crippen molar-refractivity contribution in [2.24, 2.45) is 11.3 Å². The number of rotatable bonds is 3. The summed E-state index contributed by atoms with van der Waals surface area (Å²) in [5.74, 6) is 0.507. The third-order valence-corrected chi connectivity index (χ3v) is 6.60. The van der Waals surface area contributed by atoms with Crippen molar-refractivity contribution < 1.29 is 14.3 Å². The van der Waals surface area contributed by atoms with Gasteiger partial charge in [-0.05, 0) is 49.0 Å². The molecule has 0 bridgehead atoms. The van der Waals surface area contributed by atoms with Gasteiger partial charge in [0.25, 0.3) is 5.91 Å². The van der Waals surface area contributed by atoms with Gasteiger partial charge < -0.3 is 15.0 Å². The summed E-state index contributed by atoms with van der Waals surface area (Å²) in [6.45, 7) is 3.10. The molecule has 3 aliphatic rings. The van der Waals surface area contributed by atoms with Gasteiger partial charge in [0.15, 0.2) is 0 Å². The molecule has 2 aliphatic heterocycles. The quantitative estimate of drug-likeness (QED) is 0.912. The average Bonchev–Trinajstić information content (AvgIpc) is 3.04. The highest BCUT2D eigenvalue weighted by Crippen LogP contribution is 2.54. The number of piperidine rings is 1. The van der Waals surface area contributed by atoms with E-state index in [1.54, 1.807) is 11.3 Å². The SMILES string of the molecule is O=C(NC1CC12CCN(C(=O)C1CCOCC1)CC2)c1ccsc1. The number of nitrogens with zero attached hydrogens (tertiary/aromatic N) is 1. The van der Waals surface area contributed by atoms with Crippen LogP contribution in [0.4, 0.5) is 0 Å². The van der Waals surface area contributed by atoms with Gasteiger partial charge in [0.2, 0.25) is 5.91 Å². The summed E-state index contributed by atoms with van der Waals surface area (Å²) in [4.78, 5) is 26.8. The number of amides is 2. The zero-order chi connectivity index (χ0) is 16.6. The van der Waals surface area contributed by atoms with Gasteiger partial charge in [-0.3, -0.25) is 9.59 Å². The largest absolute Gasteiger partial charge is 0.381 e. The second-order valence-electron chi connectivity index (χ2n) is 7.32. The van der Waals surface area contributed by atoms with Crippen LogP contribution in [-0.4, -0.2) is 49.1 Å². The van der Waals surface area contributed by atoms with Crippen molar-refractivity contribution in [3.8, 4) is 0 Å². The smallest absolute Gasteiger partial charge is 0.252 e. The predicted molar refractivity (Wildman–Crippen MR) is 92.0 cm³/mol. The monoisotopic (exact) mass is 348 g/mol. The molecule has 1 N–H and O–H groups in total. The summed E-state index contributed by atoms with van der Waals surface area (Å²) in [6, 6.07) is 2.15. The molecule has 1 atom stereocenters. The van der Waals surface area contributed by atoms with Crippen molar-refractivity contribution in [1.29, 1.82) is 0 Å². The standard InChI is InChI=1S/C18H24N2O3S/c21-16(14-3-10-24-12-14)19-15-11-18(15)4-6-20(7-5-18)17(22)13-1-8-23-9-2-13/h3,10,12-13,15H,1-2,4-9,11H2,(H,19,21). The maximum absolute atomic E-state index is 12.6. The number of hydrogen-bond donors (Lipinski definition) is 1. The van der Waals surface area contributed by atoms with Crippen LogP contribution < -0.4 is 5.32 Å². The van der Waals surface area contributed by atoms with Crippen LogP contribution in [-0.2, 0) is 9.53 Å². The van der Waals surface area contributed by atoms with Crippen LogP contribution in [0.2, 0.25) is 0 Å². The Morgan fingerprint density at radius 1 is 1.25 bits per heavy atom. The summed E-state index contributed by atoms with van der Waals surface area (Å²) >= 11 is 1.55. The van der Waals surface area contributed by atoms with Gasteiger partial charge in [-0.25, -0.2) is 0 Å². The van der Waals surface area contributed by atoms with Crippen LogP contribution >= 0.6 is 11.3 Å². The van der Waals surface area contributed by atoms with Gasteiger partial charge in [0.05, 0.1) is 0 Å². The molecule has 1 aromatic rings. The molecule has 1 aliphatic carbocycles. The maximum Gasteiger partial charge on any atom is 0.252 e. The van der Waals surface area contributed by atoms with Crippen molar-refractivity contribution >= 4 is 23.2 Å². The maximum atomic E-state index is 12.6. The lowest BCUT2D eigenvalue weighted by molar-refractivity contribution is -0.140. The molecule has 6 heteroatoms. The van der Waals surface area contributed by atoms with Crippen LogP contribution in [0.3, 0.4) is 0 Å². The van der Waals surface area contributed by atoms with Crippen molar-refractivity contribution in [3.63, 3.8) is 0 Å². The van der Waals surface area contributed by atoms with Crippen LogP contribution in [0.25, 0.3) is 0 Å². The second kappa shape index (κ2) is 6.48.